The Balaban J connectivity index is 2.14. The summed E-state index contributed by atoms with van der Waals surface area (Å²) in [6.45, 7) is -2.96. The molecule has 0 saturated heterocycles. The van der Waals surface area contributed by atoms with Crippen molar-refractivity contribution >= 4 is 33.2 Å². The van der Waals surface area contributed by atoms with Crippen molar-refractivity contribution in [1.82, 2.24) is 4.31 Å². The number of nitrogens with zero attached hydrogens (tertiary/aromatic N) is 1. The average molecular weight is 440 g/mol. The van der Waals surface area contributed by atoms with E-state index in [4.69, 9.17) is 27.9 Å². The van der Waals surface area contributed by atoms with E-state index in [-0.39, 0.29) is 28.8 Å². The van der Waals surface area contributed by atoms with Crippen molar-refractivity contribution in [1.29, 1.82) is 0 Å². The van der Waals surface area contributed by atoms with Crippen LogP contribution in [0.5, 0.6) is 11.5 Å². The number of benzene rings is 2. The minimum atomic E-state index is -3.65. The van der Waals surface area contributed by atoms with Gasteiger partial charge in [0.2, 0.25) is 10.0 Å². The van der Waals surface area contributed by atoms with E-state index in [1.807, 2.05) is 0 Å². The Kier molecular flexibility index (Phi) is 7.27. The van der Waals surface area contributed by atoms with Crippen molar-refractivity contribution < 1.29 is 26.7 Å². The largest absolute Gasteiger partial charge is 0.493 e. The van der Waals surface area contributed by atoms with Crippen LogP contribution in [0.15, 0.2) is 36.4 Å². The van der Waals surface area contributed by atoms with Crippen LogP contribution >= 0.6 is 23.2 Å². The fourth-order valence-electron chi connectivity index (χ4n) is 2.31. The molecule has 0 aromatic heterocycles. The van der Waals surface area contributed by atoms with E-state index >= 15 is 0 Å². The summed E-state index contributed by atoms with van der Waals surface area (Å²) in [5.41, 5.74) is 1.04. The molecule has 2 rings (SSSR count). The summed E-state index contributed by atoms with van der Waals surface area (Å²) in [5.74, 6) is -0.301. The lowest BCUT2D eigenvalue weighted by Gasteiger charge is -2.18. The number of alkyl halides is 2. The predicted octanol–water partition coefficient (Wildman–Crippen LogP) is 4.57. The maximum Gasteiger partial charge on any atom is 0.387 e. The molecule has 0 aliphatic rings. The van der Waals surface area contributed by atoms with E-state index in [1.165, 1.54) is 44.5 Å². The third kappa shape index (κ3) is 5.93. The lowest BCUT2D eigenvalue weighted by atomic mass is 10.2. The Hall–Kier alpha value is -1.61. The lowest BCUT2D eigenvalue weighted by Crippen LogP contribution is -2.27. The van der Waals surface area contributed by atoms with Crippen LogP contribution in [0.4, 0.5) is 8.78 Å². The first-order valence-electron chi connectivity index (χ1n) is 7.62. The quantitative estimate of drug-likeness (QED) is 0.604. The number of hydrogen-bond donors (Lipinski definition) is 0. The molecule has 0 heterocycles. The topological polar surface area (TPSA) is 55.8 Å². The van der Waals surface area contributed by atoms with Gasteiger partial charge in [-0.15, -0.1) is 0 Å². The van der Waals surface area contributed by atoms with Crippen LogP contribution < -0.4 is 9.47 Å². The molecular formula is C17H17Cl2F2NO4S. The summed E-state index contributed by atoms with van der Waals surface area (Å²) in [6.07, 6.45) is 0. The molecule has 0 aliphatic carbocycles. The molecule has 10 heteroatoms. The number of rotatable bonds is 8. The summed E-state index contributed by atoms with van der Waals surface area (Å²) >= 11 is 11.8. The minimum Gasteiger partial charge on any atom is -0.493 e. The molecule has 0 amide bonds. The zero-order valence-electron chi connectivity index (χ0n) is 14.5. The van der Waals surface area contributed by atoms with Gasteiger partial charge in [-0.25, -0.2) is 12.7 Å². The van der Waals surface area contributed by atoms with E-state index < -0.39 is 16.6 Å². The first-order chi connectivity index (χ1) is 12.6. The Morgan fingerprint density at radius 2 is 1.70 bits per heavy atom. The van der Waals surface area contributed by atoms with Crippen LogP contribution in [0.3, 0.4) is 0 Å². The molecule has 0 N–H and O–H groups in total. The second-order valence-corrected chi connectivity index (χ2v) is 8.51. The summed E-state index contributed by atoms with van der Waals surface area (Å²) in [4.78, 5) is 0. The van der Waals surface area contributed by atoms with E-state index in [0.717, 1.165) is 4.31 Å². The van der Waals surface area contributed by atoms with Gasteiger partial charge in [-0.1, -0.05) is 35.3 Å². The third-order valence-corrected chi connectivity index (χ3v) is 6.17. The molecule has 0 aliphatic heterocycles. The zero-order chi connectivity index (χ0) is 20.2. The van der Waals surface area contributed by atoms with Crippen LogP contribution in [0.1, 0.15) is 11.1 Å². The van der Waals surface area contributed by atoms with Gasteiger partial charge in [-0.05, 0) is 35.4 Å². The highest BCUT2D eigenvalue weighted by molar-refractivity contribution is 7.88. The number of methoxy groups -OCH3 is 1. The predicted molar refractivity (Wildman–Crippen MR) is 100 cm³/mol. The fraction of sp³-hybridized carbons (Fsp3) is 0.294. The molecule has 0 unspecified atom stereocenters. The van der Waals surface area contributed by atoms with Gasteiger partial charge in [0.05, 0.1) is 22.9 Å². The minimum absolute atomic E-state index is 0.0228. The normalized spacial score (nSPS) is 11.9. The van der Waals surface area contributed by atoms with Crippen LogP contribution in [0, 0.1) is 0 Å². The summed E-state index contributed by atoms with van der Waals surface area (Å²) in [5, 5.41) is 0.607. The molecule has 0 bridgehead atoms. The molecule has 0 atom stereocenters. The summed E-state index contributed by atoms with van der Waals surface area (Å²) < 4.78 is 60.4. The van der Waals surface area contributed by atoms with Gasteiger partial charge in [0.15, 0.2) is 11.5 Å². The molecule has 2 aromatic carbocycles. The fourth-order valence-corrected chi connectivity index (χ4v) is 3.80. The first-order valence-corrected chi connectivity index (χ1v) is 9.98. The molecule has 27 heavy (non-hydrogen) atoms. The second-order valence-electron chi connectivity index (χ2n) is 5.62. The van der Waals surface area contributed by atoms with Crippen molar-refractivity contribution in [2.75, 3.05) is 14.2 Å². The SMILES string of the molecule is COc1cc(CN(C)S(=O)(=O)Cc2ccc(Cl)c(Cl)c2)ccc1OC(F)F. The van der Waals surface area contributed by atoms with Gasteiger partial charge in [0, 0.05) is 13.6 Å². The van der Waals surface area contributed by atoms with E-state index in [2.05, 4.69) is 4.74 Å². The maximum atomic E-state index is 12.6. The maximum absolute atomic E-state index is 12.6. The number of halogens is 4. The van der Waals surface area contributed by atoms with Crippen LogP contribution in [-0.4, -0.2) is 33.5 Å². The molecule has 2 aromatic rings. The molecule has 0 saturated carbocycles. The third-order valence-electron chi connectivity index (χ3n) is 3.66. The zero-order valence-corrected chi connectivity index (χ0v) is 16.8. The average Bonchev–Trinajstić information content (AvgIpc) is 2.58. The number of ether oxygens (including phenoxy) is 2. The number of sulfonamides is 1. The number of hydrogen-bond acceptors (Lipinski definition) is 4. The molecular weight excluding hydrogens is 423 g/mol. The monoisotopic (exact) mass is 439 g/mol. The highest BCUT2D eigenvalue weighted by atomic mass is 35.5. The van der Waals surface area contributed by atoms with Gasteiger partial charge in [-0.2, -0.15) is 8.78 Å². The van der Waals surface area contributed by atoms with E-state index in [0.29, 0.717) is 16.1 Å². The van der Waals surface area contributed by atoms with E-state index in [9.17, 15) is 17.2 Å². The van der Waals surface area contributed by atoms with Crippen LogP contribution in [-0.2, 0) is 22.3 Å². The Labute approximate surface area is 166 Å². The Bertz CT molecular complexity index is 910. The molecule has 0 radical (unpaired) electrons. The summed E-state index contributed by atoms with van der Waals surface area (Å²) in [7, 11) is -0.923. The van der Waals surface area contributed by atoms with Gasteiger partial charge >= 0.3 is 6.61 Å². The van der Waals surface area contributed by atoms with Gasteiger partial charge in [0.25, 0.3) is 0 Å². The first kappa shape index (κ1) is 21.7. The standard InChI is InChI=1S/C17H17Cl2F2NO4S/c1-22(27(23,24)10-12-3-5-13(18)14(19)7-12)9-11-4-6-15(26-17(20)21)16(8-11)25-2/h3-8,17H,9-10H2,1-2H3. The lowest BCUT2D eigenvalue weighted by molar-refractivity contribution is -0.0512. The van der Waals surface area contributed by atoms with Gasteiger partial charge in [-0.3, -0.25) is 0 Å². The van der Waals surface area contributed by atoms with Crippen molar-refractivity contribution in [2.45, 2.75) is 18.9 Å². The highest BCUT2D eigenvalue weighted by Gasteiger charge is 2.20. The second kappa shape index (κ2) is 9.05. The molecule has 148 valence electrons. The van der Waals surface area contributed by atoms with Gasteiger partial charge < -0.3 is 9.47 Å². The molecule has 0 fully saturated rings. The van der Waals surface area contributed by atoms with Crippen molar-refractivity contribution in [3.8, 4) is 11.5 Å². The summed E-state index contributed by atoms with van der Waals surface area (Å²) in [6, 6.07) is 8.85. The van der Waals surface area contributed by atoms with E-state index in [1.54, 1.807) is 6.07 Å². The Morgan fingerprint density at radius 3 is 2.30 bits per heavy atom. The van der Waals surface area contributed by atoms with Crippen molar-refractivity contribution in [2.24, 2.45) is 0 Å². The smallest absolute Gasteiger partial charge is 0.387 e. The van der Waals surface area contributed by atoms with Crippen LogP contribution in [0.2, 0.25) is 10.0 Å². The van der Waals surface area contributed by atoms with Gasteiger partial charge in [0.1, 0.15) is 0 Å². The highest BCUT2D eigenvalue weighted by Crippen LogP contribution is 2.30. The van der Waals surface area contributed by atoms with Crippen molar-refractivity contribution in [3.05, 3.63) is 57.6 Å². The van der Waals surface area contributed by atoms with Crippen LogP contribution in [0.25, 0.3) is 0 Å². The Morgan fingerprint density at radius 1 is 1.04 bits per heavy atom. The molecule has 5 nitrogen and oxygen atoms in total. The van der Waals surface area contributed by atoms with Crippen molar-refractivity contribution in [3.63, 3.8) is 0 Å². The molecule has 0 spiro atoms.